The summed E-state index contributed by atoms with van der Waals surface area (Å²) in [4.78, 5) is 24.5. The molecule has 0 heterocycles. The van der Waals surface area contributed by atoms with E-state index in [2.05, 4.69) is 0 Å². The number of halogens is 1. The quantitative estimate of drug-likeness (QED) is 0.680. The molecule has 0 aromatic heterocycles. The van der Waals surface area contributed by atoms with Crippen LogP contribution in [0.25, 0.3) is 11.1 Å². The molecule has 0 aliphatic heterocycles. The Morgan fingerprint density at radius 1 is 0.857 bits per heavy atom. The molecule has 0 N–H and O–H groups in total. The third kappa shape index (κ3) is 2.00. The van der Waals surface area contributed by atoms with Crippen LogP contribution in [0.3, 0.4) is 0 Å². The zero-order valence-electron chi connectivity index (χ0n) is 12.2. The van der Waals surface area contributed by atoms with Gasteiger partial charge in [-0.1, -0.05) is 45.0 Å². The highest BCUT2D eigenvalue weighted by atomic mass is 19.1. The van der Waals surface area contributed by atoms with Gasteiger partial charge in [0, 0.05) is 5.56 Å². The van der Waals surface area contributed by atoms with E-state index >= 15 is 0 Å². The van der Waals surface area contributed by atoms with Gasteiger partial charge in [0.25, 0.3) is 0 Å². The van der Waals surface area contributed by atoms with Gasteiger partial charge in [0.1, 0.15) is 5.82 Å². The Morgan fingerprint density at radius 2 is 1.57 bits per heavy atom. The second-order valence-electron chi connectivity index (χ2n) is 6.33. The average molecular weight is 282 g/mol. The van der Waals surface area contributed by atoms with E-state index in [9.17, 15) is 14.0 Å². The van der Waals surface area contributed by atoms with Crippen LogP contribution < -0.4 is 0 Å². The standard InChI is InChI=1S/C18H15FO2/c1-18(2,3)10-7-8-11-12-5-4-6-14(19)15(12)17(21)16(20)13(11)9-10/h4-9H,1-3H3. The van der Waals surface area contributed by atoms with Gasteiger partial charge < -0.3 is 0 Å². The Labute approximate surface area is 122 Å². The number of benzene rings is 2. The first-order valence-electron chi connectivity index (χ1n) is 6.83. The van der Waals surface area contributed by atoms with Crippen molar-refractivity contribution in [1.29, 1.82) is 0 Å². The first kappa shape index (κ1) is 13.7. The molecule has 0 radical (unpaired) electrons. The minimum atomic E-state index is -0.762. The van der Waals surface area contributed by atoms with Gasteiger partial charge >= 0.3 is 0 Å². The van der Waals surface area contributed by atoms with Gasteiger partial charge in [0.05, 0.1) is 5.56 Å². The van der Waals surface area contributed by atoms with Crippen LogP contribution in [0.15, 0.2) is 36.4 Å². The highest BCUT2D eigenvalue weighted by Crippen LogP contribution is 2.36. The molecule has 0 atom stereocenters. The summed E-state index contributed by atoms with van der Waals surface area (Å²) in [7, 11) is 0. The molecule has 0 amide bonds. The van der Waals surface area contributed by atoms with Gasteiger partial charge in [-0.2, -0.15) is 0 Å². The molecule has 2 aromatic carbocycles. The average Bonchev–Trinajstić information content (AvgIpc) is 2.43. The molecular formula is C18H15FO2. The first-order valence-corrected chi connectivity index (χ1v) is 6.83. The van der Waals surface area contributed by atoms with Crippen LogP contribution in [0, 0.1) is 5.82 Å². The topological polar surface area (TPSA) is 34.1 Å². The van der Waals surface area contributed by atoms with Crippen molar-refractivity contribution in [3.63, 3.8) is 0 Å². The minimum absolute atomic E-state index is 0.112. The van der Waals surface area contributed by atoms with Gasteiger partial charge in [-0.25, -0.2) is 4.39 Å². The second-order valence-corrected chi connectivity index (χ2v) is 6.33. The van der Waals surface area contributed by atoms with Crippen LogP contribution in [0.1, 0.15) is 47.1 Å². The van der Waals surface area contributed by atoms with Gasteiger partial charge in [0.15, 0.2) is 0 Å². The third-order valence-electron chi connectivity index (χ3n) is 3.87. The maximum Gasteiger partial charge on any atom is 0.237 e. The molecule has 1 aliphatic carbocycles. The number of carbonyl (C=O) groups excluding carboxylic acids is 2. The lowest BCUT2D eigenvalue weighted by Gasteiger charge is -2.23. The van der Waals surface area contributed by atoms with Crippen LogP contribution >= 0.6 is 0 Å². The van der Waals surface area contributed by atoms with Crippen molar-refractivity contribution < 1.29 is 14.0 Å². The largest absolute Gasteiger partial charge is 0.285 e. The van der Waals surface area contributed by atoms with Crippen molar-refractivity contribution in [1.82, 2.24) is 0 Å². The molecule has 0 saturated carbocycles. The molecule has 21 heavy (non-hydrogen) atoms. The van der Waals surface area contributed by atoms with Crippen LogP contribution in [0.5, 0.6) is 0 Å². The van der Waals surface area contributed by atoms with E-state index in [-0.39, 0.29) is 11.0 Å². The summed E-state index contributed by atoms with van der Waals surface area (Å²) < 4.78 is 13.9. The Balaban J connectivity index is 2.32. The molecule has 0 fully saturated rings. The lowest BCUT2D eigenvalue weighted by atomic mass is 9.79. The van der Waals surface area contributed by atoms with Crippen LogP contribution in [-0.2, 0) is 5.41 Å². The minimum Gasteiger partial charge on any atom is -0.285 e. The number of fused-ring (bicyclic) bond motifs is 3. The Kier molecular flexibility index (Phi) is 2.84. The predicted octanol–water partition coefficient (Wildman–Crippen LogP) is 4.17. The fraction of sp³-hybridized carbons (Fsp3) is 0.222. The highest BCUT2D eigenvalue weighted by Gasteiger charge is 2.33. The fourth-order valence-electron chi connectivity index (χ4n) is 2.65. The molecule has 0 saturated heterocycles. The van der Waals surface area contributed by atoms with Crippen molar-refractivity contribution in [2.24, 2.45) is 0 Å². The zero-order valence-corrected chi connectivity index (χ0v) is 12.2. The smallest absolute Gasteiger partial charge is 0.237 e. The fourth-order valence-corrected chi connectivity index (χ4v) is 2.65. The summed E-state index contributed by atoms with van der Waals surface area (Å²) in [6.07, 6.45) is 0. The summed E-state index contributed by atoms with van der Waals surface area (Å²) in [5.74, 6) is -2.04. The summed E-state index contributed by atoms with van der Waals surface area (Å²) in [6, 6.07) is 9.92. The zero-order chi connectivity index (χ0) is 15.4. The molecular weight excluding hydrogens is 267 g/mol. The molecule has 106 valence electrons. The van der Waals surface area contributed by atoms with Gasteiger partial charge in [0.2, 0.25) is 11.6 Å². The van der Waals surface area contributed by atoms with E-state index in [0.29, 0.717) is 16.7 Å². The van der Waals surface area contributed by atoms with E-state index < -0.39 is 17.4 Å². The molecule has 3 heteroatoms. The normalized spacial score (nSPS) is 13.9. The highest BCUT2D eigenvalue weighted by molar-refractivity contribution is 6.53. The van der Waals surface area contributed by atoms with Gasteiger partial charge in [-0.15, -0.1) is 0 Å². The van der Waals surface area contributed by atoms with Crippen LogP contribution in [0.2, 0.25) is 0 Å². The predicted molar refractivity (Wildman–Crippen MR) is 79.2 cm³/mol. The Morgan fingerprint density at radius 3 is 2.24 bits per heavy atom. The van der Waals surface area contributed by atoms with Gasteiger partial charge in [-0.05, 0) is 34.2 Å². The number of carbonyl (C=O) groups is 2. The lowest BCUT2D eigenvalue weighted by Crippen LogP contribution is -2.23. The van der Waals surface area contributed by atoms with E-state index in [4.69, 9.17) is 0 Å². The van der Waals surface area contributed by atoms with E-state index in [1.54, 1.807) is 24.3 Å². The Hall–Kier alpha value is -2.29. The van der Waals surface area contributed by atoms with Crippen LogP contribution in [-0.4, -0.2) is 11.6 Å². The second kappa shape index (κ2) is 4.35. The van der Waals surface area contributed by atoms with Crippen molar-refractivity contribution in [2.75, 3.05) is 0 Å². The molecule has 0 bridgehead atoms. The van der Waals surface area contributed by atoms with Crippen LogP contribution in [0.4, 0.5) is 4.39 Å². The maximum absolute atomic E-state index is 13.9. The molecule has 3 rings (SSSR count). The molecule has 1 aliphatic rings. The number of ketones is 2. The third-order valence-corrected chi connectivity index (χ3v) is 3.87. The number of Topliss-reactive ketones (excluding diaryl/α,β-unsaturated/α-hetero) is 2. The van der Waals surface area contributed by atoms with Crippen molar-refractivity contribution in [2.45, 2.75) is 26.2 Å². The van der Waals surface area contributed by atoms with Crippen molar-refractivity contribution >= 4 is 11.6 Å². The van der Waals surface area contributed by atoms with E-state index in [0.717, 1.165) is 5.56 Å². The number of hydrogen-bond acceptors (Lipinski definition) is 2. The monoisotopic (exact) mass is 282 g/mol. The maximum atomic E-state index is 13.9. The first-order chi connectivity index (χ1) is 9.80. The summed E-state index contributed by atoms with van der Waals surface area (Å²) in [5, 5.41) is 0. The number of rotatable bonds is 0. The number of hydrogen-bond donors (Lipinski definition) is 0. The molecule has 2 aromatic rings. The van der Waals surface area contributed by atoms with E-state index in [1.165, 1.54) is 6.07 Å². The molecule has 2 nitrogen and oxygen atoms in total. The SMILES string of the molecule is CC(C)(C)c1ccc2c(c1)C(=O)C(=O)c1c(F)cccc1-2. The van der Waals surface area contributed by atoms with Crippen molar-refractivity contribution in [3.05, 3.63) is 58.9 Å². The molecule has 0 spiro atoms. The Bertz CT molecular complexity index is 782. The lowest BCUT2D eigenvalue weighted by molar-refractivity contribution is 0.0812. The summed E-state index contributed by atoms with van der Waals surface area (Å²) >= 11 is 0. The summed E-state index contributed by atoms with van der Waals surface area (Å²) in [5.41, 5.74) is 2.23. The van der Waals surface area contributed by atoms with E-state index in [1.807, 2.05) is 26.8 Å². The summed E-state index contributed by atoms with van der Waals surface area (Å²) in [6.45, 7) is 6.12. The van der Waals surface area contributed by atoms with Gasteiger partial charge in [-0.3, -0.25) is 9.59 Å². The van der Waals surface area contributed by atoms with Crippen molar-refractivity contribution in [3.8, 4) is 11.1 Å². The molecule has 0 unspecified atom stereocenters.